The van der Waals surface area contributed by atoms with Crippen molar-refractivity contribution in [3.05, 3.63) is 190 Å². The molecule has 13 rings (SSSR count). The molecule has 330 valence electrons. The van der Waals surface area contributed by atoms with Crippen LogP contribution in [0.15, 0.2) is 163 Å². The highest BCUT2D eigenvalue weighted by Gasteiger charge is 2.29. The minimum absolute atomic E-state index is 0.765. The molecule has 0 amide bonds. The minimum atomic E-state index is 0.765. The number of furan rings is 4. The van der Waals surface area contributed by atoms with Crippen molar-refractivity contribution in [2.75, 3.05) is 9.80 Å². The summed E-state index contributed by atoms with van der Waals surface area (Å²) in [6.07, 6.45) is 0. The first-order chi connectivity index (χ1) is 33.0. The number of aryl methyl sites for hydroxylation is 8. The summed E-state index contributed by atoms with van der Waals surface area (Å²) in [5.41, 5.74) is 21.9. The fraction of sp³-hybridized carbons (Fsp3) is 0.129. The van der Waals surface area contributed by atoms with E-state index in [1.807, 2.05) is 12.1 Å². The van der Waals surface area contributed by atoms with Gasteiger partial charge in [-0.05, 0) is 126 Å². The van der Waals surface area contributed by atoms with Crippen molar-refractivity contribution < 1.29 is 17.7 Å². The van der Waals surface area contributed by atoms with Crippen LogP contribution in [0.5, 0.6) is 0 Å². The van der Waals surface area contributed by atoms with Crippen molar-refractivity contribution >= 4 is 122 Å². The second-order valence-corrected chi connectivity index (χ2v) is 19.0. The van der Waals surface area contributed by atoms with Crippen molar-refractivity contribution in [3.63, 3.8) is 0 Å². The van der Waals surface area contributed by atoms with Crippen LogP contribution in [-0.2, 0) is 0 Å². The smallest absolute Gasteiger partial charge is 0.160 e. The van der Waals surface area contributed by atoms with Crippen LogP contribution < -0.4 is 9.80 Å². The summed E-state index contributed by atoms with van der Waals surface area (Å²) in [5.74, 6) is 0. The Morgan fingerprint density at radius 3 is 0.941 bits per heavy atom. The average molecular weight is 885 g/mol. The fourth-order valence-corrected chi connectivity index (χ4v) is 11.1. The van der Waals surface area contributed by atoms with Crippen LogP contribution in [0, 0.1) is 55.4 Å². The highest BCUT2D eigenvalue weighted by molar-refractivity contribution is 6.33. The molecule has 0 bridgehead atoms. The van der Waals surface area contributed by atoms with Gasteiger partial charge in [0.25, 0.3) is 0 Å². The van der Waals surface area contributed by atoms with E-state index in [2.05, 4.69) is 199 Å². The van der Waals surface area contributed by atoms with E-state index in [0.717, 1.165) is 122 Å². The highest BCUT2D eigenvalue weighted by Crippen LogP contribution is 2.52. The van der Waals surface area contributed by atoms with Gasteiger partial charge in [0, 0.05) is 78.0 Å². The molecular weight excluding hydrogens is 837 g/mol. The third-order valence-corrected chi connectivity index (χ3v) is 14.1. The maximum Gasteiger partial charge on any atom is 0.160 e. The Morgan fingerprint density at radius 2 is 0.603 bits per heavy atom. The molecule has 0 radical (unpaired) electrons. The number of benzene rings is 9. The summed E-state index contributed by atoms with van der Waals surface area (Å²) < 4.78 is 28.2. The topological polar surface area (TPSA) is 59.0 Å². The number of hydrogen-bond acceptors (Lipinski definition) is 6. The monoisotopic (exact) mass is 884 g/mol. The van der Waals surface area contributed by atoms with Gasteiger partial charge in [-0.25, -0.2) is 0 Å². The molecule has 68 heavy (non-hydrogen) atoms. The van der Waals surface area contributed by atoms with Crippen molar-refractivity contribution in [2.24, 2.45) is 0 Å². The number of fused-ring (bicyclic) bond motifs is 14. The molecule has 0 unspecified atom stereocenters. The summed E-state index contributed by atoms with van der Waals surface area (Å²) >= 11 is 0. The molecule has 0 atom stereocenters. The molecule has 6 heteroatoms. The molecule has 0 saturated heterocycles. The molecule has 0 aliphatic heterocycles. The maximum atomic E-state index is 7.13. The van der Waals surface area contributed by atoms with E-state index in [1.165, 1.54) is 44.5 Å². The zero-order valence-electron chi connectivity index (χ0n) is 39.4. The van der Waals surface area contributed by atoms with Gasteiger partial charge >= 0.3 is 0 Å². The van der Waals surface area contributed by atoms with E-state index in [-0.39, 0.29) is 0 Å². The van der Waals surface area contributed by atoms with Crippen molar-refractivity contribution in [1.29, 1.82) is 0 Å². The second-order valence-electron chi connectivity index (χ2n) is 19.0. The van der Waals surface area contributed by atoms with E-state index in [9.17, 15) is 0 Å². The van der Waals surface area contributed by atoms with E-state index in [0.29, 0.717) is 0 Å². The SMILES string of the molecule is Cc1ccc(N(c2ccc(C)cc2C)c2cc3oc4cc5c(cc4c3c3c2oc2ccccc23)oc2cc(N(c3ccc(C)cc3C)c3ccc(C)cc3C)c3oc4ccccc4c3c25)c(C)c1. The van der Waals surface area contributed by atoms with Gasteiger partial charge in [-0.3, -0.25) is 0 Å². The first-order valence-electron chi connectivity index (χ1n) is 23.4. The molecule has 0 saturated carbocycles. The van der Waals surface area contributed by atoms with E-state index < -0.39 is 0 Å². The molecular formula is C62H48N2O4. The van der Waals surface area contributed by atoms with Gasteiger partial charge in [-0.2, -0.15) is 0 Å². The Bertz CT molecular complexity index is 3890. The zero-order chi connectivity index (χ0) is 46.3. The molecule has 4 aromatic heterocycles. The summed E-state index contributed by atoms with van der Waals surface area (Å²) in [6.45, 7) is 17.3. The van der Waals surface area contributed by atoms with Crippen LogP contribution in [0.3, 0.4) is 0 Å². The van der Waals surface area contributed by atoms with Crippen LogP contribution in [0.4, 0.5) is 34.1 Å². The van der Waals surface area contributed by atoms with Crippen LogP contribution in [-0.4, -0.2) is 0 Å². The minimum Gasteiger partial charge on any atom is -0.456 e. The first-order valence-corrected chi connectivity index (χ1v) is 23.4. The van der Waals surface area contributed by atoms with Crippen molar-refractivity contribution in [3.8, 4) is 0 Å². The van der Waals surface area contributed by atoms with Gasteiger partial charge in [0.05, 0.1) is 11.4 Å². The van der Waals surface area contributed by atoms with Gasteiger partial charge in [-0.1, -0.05) is 107 Å². The Labute approximate surface area is 393 Å². The number of nitrogens with zero attached hydrogens (tertiary/aromatic N) is 2. The van der Waals surface area contributed by atoms with Gasteiger partial charge in [-0.15, -0.1) is 0 Å². The van der Waals surface area contributed by atoms with Gasteiger partial charge in [0.15, 0.2) is 11.2 Å². The molecule has 0 aliphatic rings. The van der Waals surface area contributed by atoms with Crippen LogP contribution in [0.2, 0.25) is 0 Å². The zero-order valence-corrected chi connectivity index (χ0v) is 39.4. The third-order valence-electron chi connectivity index (χ3n) is 14.1. The van der Waals surface area contributed by atoms with Crippen LogP contribution in [0.1, 0.15) is 44.5 Å². The molecule has 0 N–H and O–H groups in total. The Hall–Kier alpha value is -8.22. The Kier molecular flexibility index (Phi) is 8.63. The predicted octanol–water partition coefficient (Wildman–Crippen LogP) is 18.7. The largest absolute Gasteiger partial charge is 0.456 e. The van der Waals surface area contributed by atoms with Gasteiger partial charge < -0.3 is 27.5 Å². The lowest BCUT2D eigenvalue weighted by molar-refractivity contribution is 0.660. The van der Waals surface area contributed by atoms with Crippen molar-refractivity contribution in [2.45, 2.75) is 55.4 Å². The first kappa shape index (κ1) is 40.1. The lowest BCUT2D eigenvalue weighted by atomic mass is 9.99. The number of hydrogen-bond donors (Lipinski definition) is 0. The molecule has 4 heterocycles. The number of anilines is 6. The molecule has 0 fully saturated rings. The Balaban J connectivity index is 1.12. The maximum absolute atomic E-state index is 7.13. The molecule has 13 aromatic rings. The van der Waals surface area contributed by atoms with Gasteiger partial charge in [0.1, 0.15) is 33.5 Å². The lowest BCUT2D eigenvalue weighted by Crippen LogP contribution is -2.13. The summed E-state index contributed by atoms with van der Waals surface area (Å²) in [4.78, 5) is 4.69. The summed E-state index contributed by atoms with van der Waals surface area (Å²) in [6, 6.07) is 51.9. The molecule has 6 nitrogen and oxygen atoms in total. The average Bonchev–Trinajstić information content (AvgIpc) is 4.08. The molecule has 0 aliphatic carbocycles. The molecule has 0 spiro atoms. The lowest BCUT2D eigenvalue weighted by Gasteiger charge is -2.29. The quantitative estimate of drug-likeness (QED) is 0.166. The van der Waals surface area contributed by atoms with E-state index in [4.69, 9.17) is 17.7 Å². The third kappa shape index (κ3) is 5.89. The normalized spacial score (nSPS) is 12.1. The van der Waals surface area contributed by atoms with E-state index in [1.54, 1.807) is 0 Å². The fourth-order valence-electron chi connectivity index (χ4n) is 11.1. The standard InChI is InChI=1S/C62H48N2O4/c1-33-17-21-45(37(5)25-33)63(46-22-18-34(2)26-38(46)6)49-31-55-57(59-41-13-9-11-15-51(41)67-61(49)59)43-29-54-44(30-53(43)65-55)58-56(66-54)32-50(62-60(58)42-14-10-12-16-52(42)68-62)64(47-23-19-35(3)27-39(47)7)48-24-20-36(4)28-40(48)8/h9-32H,1-8H3. The number of para-hydroxylation sites is 2. The van der Waals surface area contributed by atoms with Crippen LogP contribution in [0.25, 0.3) is 87.8 Å². The second kappa shape index (κ2) is 14.6. The number of rotatable bonds is 6. The van der Waals surface area contributed by atoms with E-state index >= 15 is 0 Å². The summed E-state index contributed by atoms with van der Waals surface area (Å²) in [7, 11) is 0. The van der Waals surface area contributed by atoms with Crippen LogP contribution >= 0.6 is 0 Å². The van der Waals surface area contributed by atoms with Crippen molar-refractivity contribution in [1.82, 2.24) is 0 Å². The predicted molar refractivity (Wildman–Crippen MR) is 283 cm³/mol. The highest BCUT2D eigenvalue weighted by atomic mass is 16.3. The van der Waals surface area contributed by atoms with Gasteiger partial charge in [0.2, 0.25) is 0 Å². The molecule has 9 aromatic carbocycles. The summed E-state index contributed by atoms with van der Waals surface area (Å²) in [5, 5.41) is 7.95. The Morgan fingerprint density at radius 1 is 0.265 bits per heavy atom.